The molecule has 7 nitrogen and oxygen atoms in total. The summed E-state index contributed by atoms with van der Waals surface area (Å²) in [5.41, 5.74) is 2.13. The van der Waals surface area contributed by atoms with Crippen LogP contribution < -0.4 is 14.4 Å². The zero-order chi connectivity index (χ0) is 28.2. The van der Waals surface area contributed by atoms with E-state index in [4.69, 9.17) is 21.1 Å². The minimum absolute atomic E-state index is 0.0108. The van der Waals surface area contributed by atoms with E-state index in [1.807, 2.05) is 23.1 Å². The average Bonchev–Trinajstić information content (AvgIpc) is 3.33. The highest BCUT2D eigenvalue weighted by Gasteiger charge is 2.48. The summed E-state index contributed by atoms with van der Waals surface area (Å²) in [4.78, 5) is 30.3. The largest absolute Gasteiger partial charge is 0.486 e. The maximum absolute atomic E-state index is 13.9. The molecule has 0 radical (unpaired) electrons. The van der Waals surface area contributed by atoms with Crippen LogP contribution in [-0.2, 0) is 9.59 Å². The first-order valence-corrected chi connectivity index (χ1v) is 13.9. The first kappa shape index (κ1) is 27.9. The Hall–Kier alpha value is -3.62. The molecule has 0 spiro atoms. The number of halogens is 2. The van der Waals surface area contributed by atoms with Crippen molar-refractivity contribution >= 4 is 29.2 Å². The molecule has 2 aliphatic rings. The van der Waals surface area contributed by atoms with E-state index in [0.717, 1.165) is 18.4 Å². The summed E-state index contributed by atoms with van der Waals surface area (Å²) in [7, 11) is 0. The molecule has 3 aromatic carbocycles. The molecule has 3 atom stereocenters. The van der Waals surface area contributed by atoms with Gasteiger partial charge in [0.05, 0.1) is 12.5 Å². The van der Waals surface area contributed by atoms with E-state index in [-0.39, 0.29) is 12.5 Å². The lowest BCUT2D eigenvalue weighted by atomic mass is 9.82. The standard InChI is InChI=1S/C31H32ClFN2O5/c1-2-3-13-35(24-6-4-5-22(32)17-24)28(36)19-34-18-25(21-9-12-26-27(16-21)40-15-14-39-26)29(31(37)38)30(34)20-7-10-23(33)11-8-20/h4-12,16-17,25,29-30H,2-3,13-15,18-19H2,1H3,(H,37,38). The molecule has 1 N–H and O–H groups in total. The Morgan fingerprint density at radius 3 is 2.45 bits per heavy atom. The second kappa shape index (κ2) is 12.3. The number of hydrogen-bond acceptors (Lipinski definition) is 5. The molecule has 210 valence electrons. The number of ether oxygens (including phenoxy) is 2. The fraction of sp³-hybridized carbons (Fsp3) is 0.355. The molecule has 1 saturated heterocycles. The number of carboxylic acids is 1. The number of benzene rings is 3. The number of aliphatic carboxylic acids is 1. The van der Waals surface area contributed by atoms with Crippen LogP contribution >= 0.6 is 11.6 Å². The molecule has 2 heterocycles. The molecule has 0 aliphatic carbocycles. The van der Waals surface area contributed by atoms with Gasteiger partial charge in [-0.2, -0.15) is 0 Å². The summed E-state index contributed by atoms with van der Waals surface area (Å²) < 4.78 is 25.3. The lowest BCUT2D eigenvalue weighted by Crippen LogP contribution is -2.41. The van der Waals surface area contributed by atoms with Crippen molar-refractivity contribution in [2.45, 2.75) is 31.7 Å². The maximum Gasteiger partial charge on any atom is 0.309 e. The number of anilines is 1. The molecule has 3 unspecified atom stereocenters. The van der Waals surface area contributed by atoms with E-state index in [1.165, 1.54) is 12.1 Å². The summed E-state index contributed by atoms with van der Waals surface area (Å²) in [6.07, 6.45) is 1.71. The number of fused-ring (bicyclic) bond motifs is 1. The van der Waals surface area contributed by atoms with E-state index in [2.05, 4.69) is 6.92 Å². The molecule has 5 rings (SSSR count). The quantitative estimate of drug-likeness (QED) is 0.346. The number of unbranched alkanes of at least 4 members (excludes halogenated alkanes) is 1. The second-order valence-corrected chi connectivity index (χ2v) is 10.6. The minimum Gasteiger partial charge on any atom is -0.486 e. The Balaban J connectivity index is 1.51. The molecule has 0 saturated carbocycles. The van der Waals surface area contributed by atoms with Gasteiger partial charge in [0.25, 0.3) is 0 Å². The van der Waals surface area contributed by atoms with Crippen LogP contribution in [0.2, 0.25) is 5.02 Å². The van der Waals surface area contributed by atoms with E-state index >= 15 is 0 Å². The van der Waals surface area contributed by atoms with E-state index in [9.17, 15) is 19.1 Å². The van der Waals surface area contributed by atoms with Gasteiger partial charge in [-0.15, -0.1) is 0 Å². The Labute approximate surface area is 238 Å². The van der Waals surface area contributed by atoms with Crippen molar-refractivity contribution in [3.8, 4) is 11.5 Å². The Morgan fingerprint density at radius 2 is 1.75 bits per heavy atom. The van der Waals surface area contributed by atoms with Gasteiger partial charge in [-0.05, 0) is 60.0 Å². The summed E-state index contributed by atoms with van der Waals surface area (Å²) in [6.45, 7) is 3.75. The van der Waals surface area contributed by atoms with Crippen molar-refractivity contribution in [2.75, 3.05) is 37.7 Å². The minimum atomic E-state index is -0.984. The zero-order valence-electron chi connectivity index (χ0n) is 22.3. The number of carbonyl (C=O) groups excluding carboxylic acids is 1. The predicted octanol–water partition coefficient (Wildman–Crippen LogP) is 5.92. The molecule has 9 heteroatoms. The molecule has 2 aliphatic heterocycles. The van der Waals surface area contributed by atoms with Crippen LogP contribution in [0.5, 0.6) is 11.5 Å². The van der Waals surface area contributed by atoms with Crippen LogP contribution in [0.1, 0.15) is 42.9 Å². The van der Waals surface area contributed by atoms with Crippen molar-refractivity contribution in [1.82, 2.24) is 4.90 Å². The topological polar surface area (TPSA) is 79.3 Å². The third-order valence-corrected chi connectivity index (χ3v) is 7.82. The van der Waals surface area contributed by atoms with Gasteiger partial charge in [0, 0.05) is 35.8 Å². The Kier molecular flexibility index (Phi) is 8.57. The highest BCUT2D eigenvalue weighted by Crippen LogP contribution is 2.47. The summed E-state index contributed by atoms with van der Waals surface area (Å²) in [5, 5.41) is 11.0. The van der Waals surface area contributed by atoms with Gasteiger partial charge in [0.1, 0.15) is 19.0 Å². The van der Waals surface area contributed by atoms with Gasteiger partial charge < -0.3 is 19.5 Å². The lowest BCUT2D eigenvalue weighted by Gasteiger charge is -2.30. The van der Waals surface area contributed by atoms with Gasteiger partial charge in [0.2, 0.25) is 5.91 Å². The first-order chi connectivity index (χ1) is 19.4. The van der Waals surface area contributed by atoms with Gasteiger partial charge in [-0.3, -0.25) is 14.5 Å². The van der Waals surface area contributed by atoms with Crippen LogP contribution in [0.4, 0.5) is 10.1 Å². The SMILES string of the molecule is CCCCN(C(=O)CN1CC(c2ccc3c(c2)OCCO3)C(C(=O)O)C1c1ccc(F)cc1)c1cccc(Cl)c1. The zero-order valence-corrected chi connectivity index (χ0v) is 23.0. The average molecular weight is 567 g/mol. The monoisotopic (exact) mass is 566 g/mol. The smallest absolute Gasteiger partial charge is 0.309 e. The first-order valence-electron chi connectivity index (χ1n) is 13.5. The second-order valence-electron chi connectivity index (χ2n) is 10.2. The number of carboxylic acid groups (broad SMARTS) is 1. The van der Waals surface area contributed by atoms with Crippen LogP contribution in [-0.4, -0.2) is 54.7 Å². The molecular weight excluding hydrogens is 535 g/mol. The fourth-order valence-electron chi connectivity index (χ4n) is 5.70. The van der Waals surface area contributed by atoms with E-state index in [0.29, 0.717) is 54.1 Å². The van der Waals surface area contributed by atoms with Crippen molar-refractivity contribution in [2.24, 2.45) is 5.92 Å². The summed E-state index contributed by atoms with van der Waals surface area (Å²) in [5.74, 6) is -1.67. The number of hydrogen-bond donors (Lipinski definition) is 1. The number of likely N-dealkylation sites (tertiary alicyclic amines) is 1. The van der Waals surface area contributed by atoms with Crippen LogP contribution in [0.15, 0.2) is 66.7 Å². The molecular formula is C31H32ClFN2O5. The lowest BCUT2D eigenvalue weighted by molar-refractivity contribution is -0.143. The fourth-order valence-corrected chi connectivity index (χ4v) is 5.88. The molecule has 1 fully saturated rings. The molecule has 1 amide bonds. The molecule has 3 aromatic rings. The van der Waals surface area contributed by atoms with Crippen molar-refractivity contribution < 1.29 is 28.6 Å². The van der Waals surface area contributed by atoms with Gasteiger partial charge in [-0.25, -0.2) is 4.39 Å². The van der Waals surface area contributed by atoms with E-state index in [1.54, 1.807) is 41.3 Å². The van der Waals surface area contributed by atoms with Crippen LogP contribution in [0.25, 0.3) is 0 Å². The highest BCUT2D eigenvalue weighted by atomic mass is 35.5. The number of nitrogens with zero attached hydrogens (tertiary/aromatic N) is 2. The third kappa shape index (κ3) is 5.93. The Morgan fingerprint density at radius 1 is 1.02 bits per heavy atom. The normalized spacial score (nSPS) is 20.3. The number of carbonyl (C=O) groups is 2. The van der Waals surface area contributed by atoms with Gasteiger partial charge in [-0.1, -0.05) is 49.2 Å². The highest BCUT2D eigenvalue weighted by molar-refractivity contribution is 6.30. The number of amides is 1. The van der Waals surface area contributed by atoms with Crippen molar-refractivity contribution in [3.63, 3.8) is 0 Å². The van der Waals surface area contributed by atoms with E-state index < -0.39 is 29.7 Å². The summed E-state index contributed by atoms with van der Waals surface area (Å²) in [6, 6.07) is 17.9. The third-order valence-electron chi connectivity index (χ3n) is 7.58. The Bertz CT molecular complexity index is 1370. The van der Waals surface area contributed by atoms with Crippen molar-refractivity contribution in [1.29, 1.82) is 0 Å². The number of rotatable bonds is 9. The van der Waals surface area contributed by atoms with Crippen LogP contribution in [0.3, 0.4) is 0 Å². The van der Waals surface area contributed by atoms with Gasteiger partial charge in [0.15, 0.2) is 11.5 Å². The maximum atomic E-state index is 13.9. The predicted molar refractivity (Wildman–Crippen MR) is 151 cm³/mol. The van der Waals surface area contributed by atoms with Crippen LogP contribution in [0, 0.1) is 11.7 Å². The summed E-state index contributed by atoms with van der Waals surface area (Å²) >= 11 is 6.24. The molecule has 0 bridgehead atoms. The molecule has 40 heavy (non-hydrogen) atoms. The van der Waals surface area contributed by atoms with Gasteiger partial charge >= 0.3 is 5.97 Å². The van der Waals surface area contributed by atoms with Crippen molar-refractivity contribution in [3.05, 3.63) is 88.7 Å². The molecule has 0 aromatic heterocycles.